The van der Waals surface area contributed by atoms with Gasteiger partial charge in [-0.3, -0.25) is 29.6 Å². The molecule has 0 radical (unpaired) electrons. The lowest BCUT2D eigenvalue weighted by molar-refractivity contribution is 0.0642. The highest BCUT2D eigenvalue weighted by atomic mass is 32.1. The molecule has 0 atom stereocenters. The molecule has 0 saturated carbocycles. The Labute approximate surface area is 195 Å². The maximum absolute atomic E-state index is 13.5. The van der Waals surface area contributed by atoms with Crippen molar-refractivity contribution in [2.75, 3.05) is 5.32 Å². The molecule has 2 aromatic carbocycles. The number of anilines is 1. The average molecular weight is 476 g/mol. The molecule has 7 nitrogen and oxygen atoms in total. The van der Waals surface area contributed by atoms with E-state index in [1.807, 2.05) is 0 Å². The summed E-state index contributed by atoms with van der Waals surface area (Å²) in [6, 6.07) is 11.1. The van der Waals surface area contributed by atoms with E-state index in [-0.39, 0.29) is 28.4 Å². The lowest BCUT2D eigenvalue weighted by atomic mass is 10.1. The van der Waals surface area contributed by atoms with Crippen molar-refractivity contribution in [2.24, 2.45) is 0 Å². The van der Waals surface area contributed by atoms with Crippen molar-refractivity contribution < 1.29 is 23.2 Å². The molecule has 0 saturated heterocycles. The van der Waals surface area contributed by atoms with Crippen LogP contribution in [0.3, 0.4) is 0 Å². The summed E-state index contributed by atoms with van der Waals surface area (Å²) in [4.78, 5) is 47.6. The molecule has 2 aromatic heterocycles. The molecule has 3 amide bonds. The quantitative estimate of drug-likeness (QED) is 0.427. The van der Waals surface area contributed by atoms with Gasteiger partial charge in [0.1, 0.15) is 0 Å². The highest BCUT2D eigenvalue weighted by Gasteiger charge is 2.36. The molecule has 0 bridgehead atoms. The fourth-order valence-electron chi connectivity index (χ4n) is 3.53. The number of rotatable bonds is 5. The average Bonchev–Trinajstić information content (AvgIpc) is 3.40. The number of hydrogen-bond acceptors (Lipinski definition) is 6. The number of imide groups is 1. The van der Waals surface area contributed by atoms with Crippen molar-refractivity contribution in [3.63, 3.8) is 0 Å². The van der Waals surface area contributed by atoms with Crippen LogP contribution in [-0.2, 0) is 6.54 Å². The molecule has 4 aromatic rings. The van der Waals surface area contributed by atoms with E-state index in [9.17, 15) is 23.2 Å². The van der Waals surface area contributed by atoms with Gasteiger partial charge in [-0.05, 0) is 54.1 Å². The first-order chi connectivity index (χ1) is 16.4. The van der Waals surface area contributed by atoms with E-state index < -0.39 is 29.4 Å². The molecule has 3 heterocycles. The first-order valence-corrected chi connectivity index (χ1v) is 10.9. The first kappa shape index (κ1) is 21.5. The second-order valence-corrected chi connectivity index (χ2v) is 8.29. The van der Waals surface area contributed by atoms with Crippen molar-refractivity contribution in [1.82, 2.24) is 14.9 Å². The van der Waals surface area contributed by atoms with Gasteiger partial charge >= 0.3 is 0 Å². The number of hydrogen-bond donors (Lipinski definition) is 1. The fourth-order valence-corrected chi connectivity index (χ4v) is 4.25. The van der Waals surface area contributed by atoms with E-state index in [1.54, 1.807) is 29.9 Å². The zero-order valence-electron chi connectivity index (χ0n) is 17.3. The topological polar surface area (TPSA) is 92.3 Å². The fraction of sp³-hybridized carbons (Fsp3) is 0.0417. The first-order valence-electron chi connectivity index (χ1n) is 10.0. The molecule has 1 N–H and O–H groups in total. The number of nitrogens with zero attached hydrogens (tertiary/aromatic N) is 3. The van der Waals surface area contributed by atoms with E-state index in [1.165, 1.54) is 24.3 Å². The Balaban J connectivity index is 1.33. The molecule has 0 spiro atoms. The molecule has 0 aliphatic carbocycles. The number of fused-ring (bicyclic) bond motifs is 1. The summed E-state index contributed by atoms with van der Waals surface area (Å²) in [6.45, 7) is 0.0995. The Morgan fingerprint density at radius 1 is 0.941 bits per heavy atom. The number of nitrogens with one attached hydrogen (secondary N) is 1. The number of carbonyl (C=O) groups is 3. The number of halogens is 2. The summed E-state index contributed by atoms with van der Waals surface area (Å²) in [7, 11) is 0. The number of pyridine rings is 1. The molecular formula is C24H14F2N4O3S. The lowest BCUT2D eigenvalue weighted by Gasteiger charge is -2.13. The lowest BCUT2D eigenvalue weighted by Crippen LogP contribution is -2.29. The molecule has 34 heavy (non-hydrogen) atoms. The van der Waals surface area contributed by atoms with Crippen molar-refractivity contribution in [3.05, 3.63) is 100 Å². The van der Waals surface area contributed by atoms with E-state index in [4.69, 9.17) is 0 Å². The summed E-state index contributed by atoms with van der Waals surface area (Å²) >= 11 is 1.11. The van der Waals surface area contributed by atoms with Gasteiger partial charge in [-0.2, -0.15) is 0 Å². The molecule has 0 unspecified atom stereocenters. The minimum atomic E-state index is -0.994. The van der Waals surface area contributed by atoms with Crippen molar-refractivity contribution in [2.45, 2.75) is 6.54 Å². The van der Waals surface area contributed by atoms with Gasteiger partial charge in [0.25, 0.3) is 17.7 Å². The number of thiazole rings is 1. The van der Waals surface area contributed by atoms with Gasteiger partial charge < -0.3 is 0 Å². The van der Waals surface area contributed by atoms with E-state index in [0.29, 0.717) is 11.3 Å². The normalized spacial score (nSPS) is 12.7. The second kappa shape index (κ2) is 8.56. The van der Waals surface area contributed by atoms with Crippen LogP contribution in [0, 0.1) is 11.6 Å². The standard InChI is InChI=1S/C24H14F2N4O3S/c25-18-4-2-14(10-19(18)26)20-12-34-24(28-20)29-21(31)15-1-3-16-17(9-15)23(33)30(22(16)32)11-13-5-7-27-8-6-13/h1-10,12H,11H2,(H,28,29,31). The molecule has 10 heteroatoms. The number of carbonyl (C=O) groups excluding carboxylic acids is 3. The van der Waals surface area contributed by atoms with E-state index in [0.717, 1.165) is 33.9 Å². The van der Waals surface area contributed by atoms with Crippen LogP contribution in [0.5, 0.6) is 0 Å². The zero-order chi connectivity index (χ0) is 23.8. The highest BCUT2D eigenvalue weighted by molar-refractivity contribution is 7.14. The van der Waals surface area contributed by atoms with Crippen LogP contribution < -0.4 is 5.32 Å². The highest BCUT2D eigenvalue weighted by Crippen LogP contribution is 2.28. The maximum Gasteiger partial charge on any atom is 0.261 e. The monoisotopic (exact) mass is 476 g/mol. The Morgan fingerprint density at radius 2 is 1.71 bits per heavy atom. The van der Waals surface area contributed by atoms with Crippen LogP contribution in [0.1, 0.15) is 36.6 Å². The van der Waals surface area contributed by atoms with Gasteiger partial charge in [-0.25, -0.2) is 13.8 Å². The summed E-state index contributed by atoms with van der Waals surface area (Å²) in [5.41, 5.74) is 2.05. The molecule has 5 rings (SSSR count). The summed E-state index contributed by atoms with van der Waals surface area (Å²) in [5, 5.41) is 4.47. The predicted octanol–water partition coefficient (Wildman–Crippen LogP) is 4.53. The predicted molar refractivity (Wildman–Crippen MR) is 120 cm³/mol. The Bertz CT molecular complexity index is 1460. The van der Waals surface area contributed by atoms with E-state index in [2.05, 4.69) is 15.3 Å². The Kier molecular flexibility index (Phi) is 5.42. The van der Waals surface area contributed by atoms with Gasteiger partial charge in [-0.15, -0.1) is 11.3 Å². The molecule has 168 valence electrons. The van der Waals surface area contributed by atoms with Crippen LogP contribution in [0.15, 0.2) is 66.3 Å². The molecule has 1 aliphatic heterocycles. The molecule has 1 aliphatic rings. The van der Waals surface area contributed by atoms with Crippen molar-refractivity contribution in [3.8, 4) is 11.3 Å². The van der Waals surface area contributed by atoms with Crippen LogP contribution in [-0.4, -0.2) is 32.6 Å². The third kappa shape index (κ3) is 3.95. The summed E-state index contributed by atoms with van der Waals surface area (Å²) in [6.07, 6.45) is 3.15. The molecule has 0 fully saturated rings. The maximum atomic E-state index is 13.5. The van der Waals surface area contributed by atoms with Crippen molar-refractivity contribution >= 4 is 34.2 Å². The van der Waals surface area contributed by atoms with Crippen LogP contribution in [0.25, 0.3) is 11.3 Å². The van der Waals surface area contributed by atoms with Crippen LogP contribution in [0.4, 0.5) is 13.9 Å². The molecular weight excluding hydrogens is 462 g/mol. The minimum Gasteiger partial charge on any atom is -0.298 e. The van der Waals surface area contributed by atoms with E-state index >= 15 is 0 Å². The van der Waals surface area contributed by atoms with Crippen LogP contribution >= 0.6 is 11.3 Å². The van der Waals surface area contributed by atoms with Gasteiger partial charge in [0.05, 0.1) is 23.4 Å². The Hall–Kier alpha value is -4.31. The van der Waals surface area contributed by atoms with Gasteiger partial charge in [0, 0.05) is 28.9 Å². The van der Waals surface area contributed by atoms with Gasteiger partial charge in [0.2, 0.25) is 0 Å². The SMILES string of the molecule is O=C(Nc1nc(-c2ccc(F)c(F)c2)cs1)c1ccc2c(c1)C(=O)N(Cc1ccncc1)C2=O. The number of benzene rings is 2. The number of amides is 3. The largest absolute Gasteiger partial charge is 0.298 e. The van der Waals surface area contributed by atoms with Crippen molar-refractivity contribution in [1.29, 1.82) is 0 Å². The summed E-state index contributed by atoms with van der Waals surface area (Å²) < 4.78 is 26.7. The third-order valence-corrected chi connectivity index (χ3v) is 6.02. The van der Waals surface area contributed by atoms with Gasteiger partial charge in [-0.1, -0.05) is 0 Å². The Morgan fingerprint density at radius 3 is 2.47 bits per heavy atom. The smallest absolute Gasteiger partial charge is 0.261 e. The van der Waals surface area contributed by atoms with Gasteiger partial charge in [0.15, 0.2) is 16.8 Å². The second-order valence-electron chi connectivity index (χ2n) is 7.43. The summed E-state index contributed by atoms with van der Waals surface area (Å²) in [5.74, 6) is -3.40. The van der Waals surface area contributed by atoms with Crippen LogP contribution in [0.2, 0.25) is 0 Å². The minimum absolute atomic E-state index is 0.0995. The third-order valence-electron chi connectivity index (χ3n) is 5.26. The number of aromatic nitrogens is 2. The zero-order valence-corrected chi connectivity index (χ0v) is 18.1.